The van der Waals surface area contributed by atoms with Crippen LogP contribution in [0.4, 0.5) is 19.1 Å². The first kappa shape index (κ1) is 17.7. The summed E-state index contributed by atoms with van der Waals surface area (Å²) in [6.45, 7) is 1.01. The Morgan fingerprint density at radius 2 is 1.83 bits per heavy atom. The predicted molar refractivity (Wildman–Crippen MR) is 100 cm³/mol. The highest BCUT2D eigenvalue weighted by atomic mass is 19.4. The minimum absolute atomic E-state index is 0.0103. The van der Waals surface area contributed by atoms with Gasteiger partial charge < -0.3 is 15.2 Å². The Morgan fingerprint density at radius 3 is 2.59 bits per heavy atom. The van der Waals surface area contributed by atoms with Gasteiger partial charge in [-0.3, -0.25) is 9.88 Å². The number of alkyl halides is 3. The van der Waals surface area contributed by atoms with Crippen molar-refractivity contribution in [1.82, 2.24) is 9.55 Å². The fraction of sp³-hybridized carbons (Fsp3) is 0.263. The lowest BCUT2D eigenvalue weighted by molar-refractivity contribution is -0.138. The fourth-order valence-electron chi connectivity index (χ4n) is 3.61. The van der Waals surface area contributed by atoms with Gasteiger partial charge in [0.1, 0.15) is 0 Å². The molecule has 10 heteroatoms. The van der Waals surface area contributed by atoms with Crippen LogP contribution in [-0.2, 0) is 6.18 Å². The van der Waals surface area contributed by atoms with E-state index in [1.54, 1.807) is 22.8 Å². The third kappa shape index (κ3) is 2.91. The Morgan fingerprint density at radius 1 is 1.10 bits per heavy atom. The molecule has 0 amide bonds. The molecule has 1 aromatic heterocycles. The molecule has 3 aromatic rings. The van der Waals surface area contributed by atoms with E-state index in [9.17, 15) is 13.2 Å². The quantitative estimate of drug-likeness (QED) is 0.650. The van der Waals surface area contributed by atoms with Gasteiger partial charge in [-0.05, 0) is 6.07 Å². The molecule has 0 saturated heterocycles. The van der Waals surface area contributed by atoms with Crippen LogP contribution >= 0.6 is 0 Å². The lowest BCUT2D eigenvalue weighted by Crippen LogP contribution is -2.32. The number of guanidine groups is 1. The number of hydrogen-bond acceptors (Lipinski definition) is 6. The number of imidazole rings is 1. The van der Waals surface area contributed by atoms with Gasteiger partial charge in [0.05, 0.1) is 29.8 Å². The van der Waals surface area contributed by atoms with Gasteiger partial charge in [-0.1, -0.05) is 18.2 Å². The maximum atomic E-state index is 13.6. The van der Waals surface area contributed by atoms with Crippen molar-refractivity contribution < 1.29 is 22.6 Å². The Bertz CT molecular complexity index is 1140. The number of aliphatic imine (C=N–C) groups is 1. The van der Waals surface area contributed by atoms with Crippen molar-refractivity contribution in [3.05, 3.63) is 47.5 Å². The standard InChI is InChI=1S/C19H16F3N5O2/c20-19(21,22)11-5-2-1-4-10(11)16-25-17(23)26-18-24-12-8-14-15(9-13(12)27(16)18)29-7-3-6-28-14/h1-2,4-5,8-9,16H,3,6-7H2,(H3,23,24,25,26). The normalized spacial score (nSPS) is 18.6. The van der Waals surface area contributed by atoms with Crippen LogP contribution in [-0.4, -0.2) is 28.7 Å². The van der Waals surface area contributed by atoms with Crippen LogP contribution in [0.15, 0.2) is 41.4 Å². The summed E-state index contributed by atoms with van der Waals surface area (Å²) in [7, 11) is 0. The van der Waals surface area contributed by atoms with E-state index in [0.29, 0.717) is 41.7 Å². The lowest BCUT2D eigenvalue weighted by Gasteiger charge is -2.26. The Hall–Kier alpha value is -3.43. The summed E-state index contributed by atoms with van der Waals surface area (Å²) in [6.07, 6.45) is -4.82. The lowest BCUT2D eigenvalue weighted by atomic mass is 10.0. The second kappa shape index (κ2) is 6.29. The van der Waals surface area contributed by atoms with Crippen LogP contribution < -0.4 is 20.5 Å². The highest BCUT2D eigenvalue weighted by Gasteiger charge is 2.37. The monoisotopic (exact) mass is 403 g/mol. The molecule has 0 radical (unpaired) electrons. The van der Waals surface area contributed by atoms with Gasteiger partial charge in [0, 0.05) is 24.1 Å². The number of benzene rings is 2. The zero-order chi connectivity index (χ0) is 20.2. The van der Waals surface area contributed by atoms with Crippen LogP contribution in [0.1, 0.15) is 23.7 Å². The molecule has 2 aliphatic heterocycles. The largest absolute Gasteiger partial charge is 0.489 e. The van der Waals surface area contributed by atoms with Crippen molar-refractivity contribution in [1.29, 1.82) is 0 Å². The summed E-state index contributed by atoms with van der Waals surface area (Å²) in [5, 5.41) is 2.83. The van der Waals surface area contributed by atoms with Crippen molar-refractivity contribution in [2.75, 3.05) is 18.5 Å². The first-order chi connectivity index (χ1) is 13.9. The maximum Gasteiger partial charge on any atom is 0.416 e. The summed E-state index contributed by atoms with van der Waals surface area (Å²) in [5.41, 5.74) is 6.17. The second-order valence-corrected chi connectivity index (χ2v) is 6.74. The minimum atomic E-state index is -4.53. The van der Waals surface area contributed by atoms with Crippen LogP contribution in [0, 0.1) is 0 Å². The van der Waals surface area contributed by atoms with E-state index in [1.807, 2.05) is 0 Å². The summed E-state index contributed by atoms with van der Waals surface area (Å²) >= 11 is 0. The van der Waals surface area contributed by atoms with Gasteiger partial charge in [-0.25, -0.2) is 9.98 Å². The van der Waals surface area contributed by atoms with Crippen LogP contribution in [0.25, 0.3) is 11.0 Å². The molecule has 1 unspecified atom stereocenters. The third-order valence-corrected chi connectivity index (χ3v) is 4.85. The number of rotatable bonds is 1. The molecule has 0 aliphatic carbocycles. The number of halogens is 3. The molecule has 0 spiro atoms. The molecule has 1 atom stereocenters. The van der Waals surface area contributed by atoms with Crippen molar-refractivity contribution in [3.63, 3.8) is 0 Å². The van der Waals surface area contributed by atoms with Crippen molar-refractivity contribution in [3.8, 4) is 11.5 Å². The summed E-state index contributed by atoms with van der Waals surface area (Å²) in [5.74, 6) is 1.35. The zero-order valence-corrected chi connectivity index (χ0v) is 15.0. The van der Waals surface area contributed by atoms with Crippen LogP contribution in [0.2, 0.25) is 0 Å². The zero-order valence-electron chi connectivity index (χ0n) is 15.0. The van der Waals surface area contributed by atoms with Gasteiger partial charge in [-0.15, -0.1) is 0 Å². The number of ether oxygens (including phenoxy) is 2. The molecule has 3 heterocycles. The van der Waals surface area contributed by atoms with E-state index in [-0.39, 0.29) is 11.5 Å². The summed E-state index contributed by atoms with van der Waals surface area (Å²) in [4.78, 5) is 8.74. The number of fused-ring (bicyclic) bond motifs is 4. The maximum absolute atomic E-state index is 13.6. The van der Waals surface area contributed by atoms with Crippen LogP contribution in [0.5, 0.6) is 11.5 Å². The molecule has 2 aliphatic rings. The van der Waals surface area contributed by atoms with E-state index >= 15 is 0 Å². The van der Waals surface area contributed by atoms with Gasteiger partial charge in [-0.2, -0.15) is 13.2 Å². The second-order valence-electron chi connectivity index (χ2n) is 6.74. The average molecular weight is 403 g/mol. The Kier molecular flexibility index (Phi) is 3.83. The van der Waals surface area contributed by atoms with E-state index in [2.05, 4.69) is 15.3 Å². The van der Waals surface area contributed by atoms with Crippen molar-refractivity contribution in [2.24, 2.45) is 10.7 Å². The SMILES string of the molecule is NC1=NC(c2ccccc2C(F)(F)F)n2c(nc3cc4c(cc32)OCCCO4)N1. The molecule has 0 fully saturated rings. The van der Waals surface area contributed by atoms with E-state index in [1.165, 1.54) is 12.1 Å². The van der Waals surface area contributed by atoms with Crippen molar-refractivity contribution >= 4 is 22.9 Å². The molecular weight excluding hydrogens is 387 g/mol. The third-order valence-electron chi connectivity index (χ3n) is 4.85. The highest BCUT2D eigenvalue weighted by Crippen LogP contribution is 2.42. The molecule has 7 nitrogen and oxygen atoms in total. The summed E-state index contributed by atoms with van der Waals surface area (Å²) in [6, 6.07) is 8.75. The van der Waals surface area contributed by atoms with Gasteiger partial charge in [0.25, 0.3) is 0 Å². The first-order valence-electron chi connectivity index (χ1n) is 9.00. The number of nitrogens with zero attached hydrogens (tertiary/aromatic N) is 3. The molecule has 29 heavy (non-hydrogen) atoms. The van der Waals surface area contributed by atoms with Crippen LogP contribution in [0.3, 0.4) is 0 Å². The number of anilines is 1. The van der Waals surface area contributed by atoms with Gasteiger partial charge in [0.15, 0.2) is 23.6 Å². The fourth-order valence-corrected chi connectivity index (χ4v) is 3.61. The minimum Gasteiger partial charge on any atom is -0.489 e. The number of nitrogens with one attached hydrogen (secondary N) is 1. The molecular formula is C19H16F3N5O2. The van der Waals surface area contributed by atoms with E-state index in [0.717, 1.165) is 12.5 Å². The number of aromatic nitrogens is 2. The molecule has 5 rings (SSSR count). The molecule has 0 bridgehead atoms. The average Bonchev–Trinajstić information content (AvgIpc) is 2.86. The summed E-state index contributed by atoms with van der Waals surface area (Å²) < 4.78 is 53.9. The van der Waals surface area contributed by atoms with Gasteiger partial charge >= 0.3 is 6.18 Å². The first-order valence-corrected chi connectivity index (χ1v) is 9.00. The smallest absolute Gasteiger partial charge is 0.416 e. The molecule has 2 aromatic carbocycles. The molecule has 3 N–H and O–H groups in total. The predicted octanol–water partition coefficient (Wildman–Crippen LogP) is 3.50. The topological polar surface area (TPSA) is 86.7 Å². The van der Waals surface area contributed by atoms with Crippen molar-refractivity contribution in [2.45, 2.75) is 18.8 Å². The number of hydrogen-bond donors (Lipinski definition) is 2. The molecule has 150 valence electrons. The van der Waals surface area contributed by atoms with Gasteiger partial charge in [0.2, 0.25) is 5.95 Å². The Balaban J connectivity index is 1.73. The molecule has 0 saturated carbocycles. The highest BCUT2D eigenvalue weighted by molar-refractivity contribution is 5.95. The Labute approximate surface area is 162 Å². The van der Waals surface area contributed by atoms with E-state index in [4.69, 9.17) is 15.2 Å². The number of nitrogens with two attached hydrogens (primary N) is 1. The van der Waals surface area contributed by atoms with E-state index < -0.39 is 17.9 Å².